The summed E-state index contributed by atoms with van der Waals surface area (Å²) >= 11 is 6.39. The second-order valence-electron chi connectivity index (χ2n) is 9.21. The van der Waals surface area contributed by atoms with Gasteiger partial charge in [-0.1, -0.05) is 23.7 Å². The number of halogens is 2. The zero-order chi connectivity index (χ0) is 27.7. The third kappa shape index (κ3) is 6.07. The highest BCUT2D eigenvalue weighted by Gasteiger charge is 2.37. The molecular formula is C24H28ClFN6O4S2. The van der Waals surface area contributed by atoms with Crippen molar-refractivity contribution in [1.29, 1.82) is 0 Å². The molecule has 2 heterocycles. The van der Waals surface area contributed by atoms with Crippen LogP contribution in [0.1, 0.15) is 12.0 Å². The summed E-state index contributed by atoms with van der Waals surface area (Å²) in [6.07, 6.45) is 2.92. The fourth-order valence-corrected chi connectivity index (χ4v) is 7.28. The molecule has 1 aromatic heterocycles. The summed E-state index contributed by atoms with van der Waals surface area (Å²) in [4.78, 5) is 9.00. The molecular weight excluding hydrogens is 555 g/mol. The van der Waals surface area contributed by atoms with Crippen molar-refractivity contribution < 1.29 is 21.2 Å². The van der Waals surface area contributed by atoms with E-state index in [0.717, 1.165) is 24.0 Å². The normalized spacial score (nSPS) is 18.9. The van der Waals surface area contributed by atoms with Crippen LogP contribution in [0.5, 0.6) is 0 Å². The molecule has 1 aliphatic heterocycles. The maximum atomic E-state index is 15.0. The number of likely N-dealkylation sites (N-methyl/N-ethyl adjacent to an activating group) is 1. The van der Waals surface area contributed by atoms with Crippen molar-refractivity contribution in [2.24, 2.45) is 0 Å². The Kier molecular flexibility index (Phi) is 8.23. The first kappa shape index (κ1) is 28.2. The molecule has 10 nitrogen and oxygen atoms in total. The quantitative estimate of drug-likeness (QED) is 0.415. The van der Waals surface area contributed by atoms with Gasteiger partial charge in [-0.2, -0.15) is 4.31 Å². The molecule has 14 heteroatoms. The van der Waals surface area contributed by atoms with Crippen LogP contribution < -0.4 is 10.0 Å². The van der Waals surface area contributed by atoms with Gasteiger partial charge in [0.15, 0.2) is 0 Å². The Hall–Kier alpha value is -2.84. The molecule has 38 heavy (non-hydrogen) atoms. The van der Waals surface area contributed by atoms with Crippen LogP contribution in [0, 0.1) is 12.7 Å². The lowest BCUT2D eigenvalue weighted by Crippen LogP contribution is -2.56. The molecule has 0 amide bonds. The molecule has 1 aliphatic rings. The third-order valence-electron chi connectivity index (χ3n) is 6.31. The molecule has 0 bridgehead atoms. The van der Waals surface area contributed by atoms with Gasteiger partial charge in [-0.3, -0.25) is 4.72 Å². The predicted molar refractivity (Wildman–Crippen MR) is 144 cm³/mol. The van der Waals surface area contributed by atoms with Crippen molar-refractivity contribution in [3.05, 3.63) is 71.4 Å². The summed E-state index contributed by atoms with van der Waals surface area (Å²) in [5.41, 5.74) is 1.05. The first-order valence-corrected chi connectivity index (χ1v) is 15.0. The first-order valence-electron chi connectivity index (χ1n) is 11.7. The molecule has 2 N–H and O–H groups in total. The number of nitrogens with zero attached hydrogens (tertiary/aromatic N) is 4. The van der Waals surface area contributed by atoms with Gasteiger partial charge in [-0.05, 0) is 63.3 Å². The van der Waals surface area contributed by atoms with E-state index in [2.05, 4.69) is 20.0 Å². The van der Waals surface area contributed by atoms with Gasteiger partial charge >= 0.3 is 0 Å². The Bertz CT molecular complexity index is 1520. The van der Waals surface area contributed by atoms with Gasteiger partial charge in [-0.15, -0.1) is 0 Å². The fraction of sp³-hybridized carbons (Fsp3) is 0.333. The lowest BCUT2D eigenvalue weighted by atomic mass is 9.99. The summed E-state index contributed by atoms with van der Waals surface area (Å²) < 4.78 is 70.7. The second-order valence-corrected chi connectivity index (χ2v) is 13.2. The molecule has 0 spiro atoms. The van der Waals surface area contributed by atoms with E-state index in [1.165, 1.54) is 16.6 Å². The number of aromatic nitrogens is 2. The van der Waals surface area contributed by atoms with Gasteiger partial charge in [-0.25, -0.2) is 31.2 Å². The monoisotopic (exact) mass is 582 g/mol. The number of hydrogen-bond donors (Lipinski definition) is 2. The molecule has 204 valence electrons. The Morgan fingerprint density at radius 3 is 2.55 bits per heavy atom. The molecule has 0 unspecified atom stereocenters. The average molecular weight is 583 g/mol. The predicted octanol–water partition coefficient (Wildman–Crippen LogP) is 3.18. The number of piperidine rings is 1. The van der Waals surface area contributed by atoms with Crippen LogP contribution in [0.3, 0.4) is 0 Å². The van der Waals surface area contributed by atoms with E-state index in [-0.39, 0.29) is 46.6 Å². The van der Waals surface area contributed by atoms with Gasteiger partial charge in [0.25, 0.3) is 10.0 Å². The zero-order valence-electron chi connectivity index (χ0n) is 21.0. The summed E-state index contributed by atoms with van der Waals surface area (Å²) in [6.45, 7) is 2.29. The lowest BCUT2D eigenvalue weighted by molar-refractivity contribution is 0.175. The number of anilines is 2. The van der Waals surface area contributed by atoms with Crippen molar-refractivity contribution in [3.63, 3.8) is 0 Å². The number of sulfonamides is 2. The second kappa shape index (κ2) is 11.1. The van der Waals surface area contributed by atoms with E-state index in [1.54, 1.807) is 18.2 Å². The van der Waals surface area contributed by atoms with Gasteiger partial charge in [0.1, 0.15) is 22.9 Å². The fourth-order valence-electron chi connectivity index (χ4n) is 4.33. The molecule has 2 atom stereocenters. The Labute approximate surface area is 227 Å². The van der Waals surface area contributed by atoms with E-state index in [1.807, 2.05) is 32.0 Å². The largest absolute Gasteiger partial charge is 0.379 e. The molecule has 0 radical (unpaired) electrons. The SMILES string of the molecule is Cc1cccc(S(=O)(=O)N2CC[C@H](Nc3cc(F)c(S(=O)(=O)Nc4ccncn4)cc3Cl)[C@@H](N(C)C)C2)c1. The number of hydrogen-bond acceptors (Lipinski definition) is 8. The van der Waals surface area contributed by atoms with E-state index in [4.69, 9.17) is 11.6 Å². The molecule has 1 saturated heterocycles. The van der Waals surface area contributed by atoms with Crippen LogP contribution in [-0.2, 0) is 20.0 Å². The summed E-state index contributed by atoms with van der Waals surface area (Å²) in [6, 6.07) is 9.60. The number of benzene rings is 2. The van der Waals surface area contributed by atoms with E-state index in [9.17, 15) is 16.8 Å². The van der Waals surface area contributed by atoms with Gasteiger partial charge in [0, 0.05) is 31.4 Å². The van der Waals surface area contributed by atoms with Crippen LogP contribution in [-0.4, -0.2) is 75.3 Å². The minimum atomic E-state index is -4.30. The lowest BCUT2D eigenvalue weighted by Gasteiger charge is -2.41. The zero-order valence-corrected chi connectivity index (χ0v) is 23.4. The number of rotatable bonds is 8. The summed E-state index contributed by atoms with van der Waals surface area (Å²) in [5, 5.41) is 3.20. The van der Waals surface area contributed by atoms with Crippen molar-refractivity contribution in [1.82, 2.24) is 19.2 Å². The molecule has 1 fully saturated rings. The van der Waals surface area contributed by atoms with E-state index < -0.39 is 30.8 Å². The maximum Gasteiger partial charge on any atom is 0.266 e. The Morgan fingerprint density at radius 1 is 1.13 bits per heavy atom. The first-order chi connectivity index (χ1) is 17.9. The standard InChI is InChI=1S/C24H28ClFN6O4S2/c1-16-5-4-6-17(11-16)38(35,36)32-10-8-20(22(14-32)31(2)3)29-21-13-19(26)23(12-18(21)25)37(33,34)30-24-7-9-27-15-28-24/h4-7,9,11-13,15,20,22,29H,8,10,14H2,1-3H3,(H,27,28,30)/t20-,22-/m0/s1. The average Bonchev–Trinajstić information content (AvgIpc) is 2.86. The molecule has 4 rings (SSSR count). The van der Waals surface area contributed by atoms with Gasteiger partial charge in [0.05, 0.1) is 15.6 Å². The highest BCUT2D eigenvalue weighted by molar-refractivity contribution is 7.92. The van der Waals surface area contributed by atoms with Crippen LogP contribution >= 0.6 is 11.6 Å². The highest BCUT2D eigenvalue weighted by Crippen LogP contribution is 2.32. The Morgan fingerprint density at radius 2 is 1.89 bits per heavy atom. The number of aryl methyl sites for hydroxylation is 1. The van der Waals surface area contributed by atoms with Crippen molar-refractivity contribution >= 4 is 43.2 Å². The topological polar surface area (TPSA) is 125 Å². The van der Waals surface area contributed by atoms with Gasteiger partial charge in [0.2, 0.25) is 10.0 Å². The van der Waals surface area contributed by atoms with E-state index in [0.29, 0.717) is 6.42 Å². The molecule has 2 aromatic carbocycles. The molecule has 0 aliphatic carbocycles. The minimum Gasteiger partial charge on any atom is -0.379 e. The smallest absolute Gasteiger partial charge is 0.266 e. The maximum absolute atomic E-state index is 15.0. The summed E-state index contributed by atoms with van der Waals surface area (Å²) in [5.74, 6) is -1.02. The van der Waals surface area contributed by atoms with Crippen molar-refractivity contribution in [2.45, 2.75) is 35.2 Å². The van der Waals surface area contributed by atoms with Crippen molar-refractivity contribution in [3.8, 4) is 0 Å². The van der Waals surface area contributed by atoms with Crippen LogP contribution in [0.15, 0.2) is 64.8 Å². The summed E-state index contributed by atoms with van der Waals surface area (Å²) in [7, 11) is -4.34. The third-order valence-corrected chi connectivity index (χ3v) is 9.85. The van der Waals surface area contributed by atoms with E-state index >= 15 is 4.39 Å². The highest BCUT2D eigenvalue weighted by atomic mass is 35.5. The molecule has 3 aromatic rings. The van der Waals surface area contributed by atoms with Crippen LogP contribution in [0.4, 0.5) is 15.9 Å². The van der Waals surface area contributed by atoms with Crippen molar-refractivity contribution in [2.75, 3.05) is 37.2 Å². The minimum absolute atomic E-state index is 0.00165. The van der Waals surface area contributed by atoms with Crippen LogP contribution in [0.2, 0.25) is 5.02 Å². The Balaban J connectivity index is 1.54. The number of nitrogens with one attached hydrogen (secondary N) is 2. The molecule has 0 saturated carbocycles. The van der Waals surface area contributed by atoms with Gasteiger partial charge < -0.3 is 10.2 Å². The van der Waals surface area contributed by atoms with Crippen LogP contribution in [0.25, 0.3) is 0 Å².